The topological polar surface area (TPSA) is 0 Å². The fourth-order valence-electron chi connectivity index (χ4n) is 3.64. The van der Waals surface area contributed by atoms with Crippen LogP contribution in [0, 0.1) is 11.8 Å². The van der Waals surface area contributed by atoms with Crippen LogP contribution in [-0.4, -0.2) is 14.0 Å². The SMILES string of the molecule is C[C@@H](CCCC1C=CC=CC1)CCC[C@@H](CCCC(F)(F)F)[I-]C1CC1. The average molecular weight is 483 g/mol. The summed E-state index contributed by atoms with van der Waals surface area (Å²) in [6.07, 6.45) is 16.9. The molecule has 0 saturated heterocycles. The molecule has 0 amide bonds. The molecule has 0 aromatic rings. The van der Waals surface area contributed by atoms with Crippen molar-refractivity contribution in [2.75, 3.05) is 0 Å². The summed E-state index contributed by atoms with van der Waals surface area (Å²) in [5, 5.41) is 0. The van der Waals surface area contributed by atoms with E-state index >= 15 is 0 Å². The summed E-state index contributed by atoms with van der Waals surface area (Å²) in [4.78, 5) is 0. The molecule has 2 aliphatic carbocycles. The van der Waals surface area contributed by atoms with Gasteiger partial charge in [-0.15, -0.1) is 0 Å². The standard InChI is InChI=1S/C22H35F3I/c1-18(8-5-12-19-10-3-2-4-11-19)9-6-13-20(26-21-15-16-21)14-7-17-22(23,24)25/h2-4,10,18-21H,5-9,11-17H2,1H3/q-1/t18-,19?,20-/m0/s1. The van der Waals surface area contributed by atoms with Gasteiger partial charge in [0.1, 0.15) is 0 Å². The molecule has 0 aliphatic heterocycles. The predicted molar refractivity (Wildman–Crippen MR) is 100.0 cm³/mol. The van der Waals surface area contributed by atoms with Crippen molar-refractivity contribution in [1.82, 2.24) is 0 Å². The molecule has 0 N–H and O–H groups in total. The van der Waals surface area contributed by atoms with E-state index in [0.717, 1.165) is 22.2 Å². The number of alkyl halides is 5. The summed E-state index contributed by atoms with van der Waals surface area (Å²) in [5.41, 5.74) is 0. The molecule has 2 aliphatic rings. The van der Waals surface area contributed by atoms with Gasteiger partial charge in [0.05, 0.1) is 0 Å². The number of hydrogen-bond acceptors (Lipinski definition) is 0. The van der Waals surface area contributed by atoms with Gasteiger partial charge < -0.3 is 0 Å². The van der Waals surface area contributed by atoms with Gasteiger partial charge in [-0.05, 0) is 0 Å². The molecule has 1 fully saturated rings. The monoisotopic (exact) mass is 483 g/mol. The molecule has 0 bridgehead atoms. The van der Waals surface area contributed by atoms with Crippen molar-refractivity contribution < 1.29 is 34.4 Å². The molecule has 0 spiro atoms. The first kappa shape index (κ1) is 22.3. The summed E-state index contributed by atoms with van der Waals surface area (Å²) in [7, 11) is 0. The molecule has 0 nitrogen and oxygen atoms in total. The van der Waals surface area contributed by atoms with Crippen LogP contribution in [0.1, 0.15) is 84.0 Å². The minimum atomic E-state index is -3.97. The van der Waals surface area contributed by atoms with Gasteiger partial charge in [-0.25, -0.2) is 0 Å². The quantitative estimate of drug-likeness (QED) is 0.268. The molecular weight excluding hydrogens is 448 g/mol. The third-order valence-corrected chi connectivity index (χ3v) is 9.92. The molecule has 3 atom stereocenters. The van der Waals surface area contributed by atoms with Crippen molar-refractivity contribution in [3.8, 4) is 0 Å². The van der Waals surface area contributed by atoms with E-state index in [1.807, 2.05) is 0 Å². The van der Waals surface area contributed by atoms with Gasteiger partial charge in [0.15, 0.2) is 0 Å². The first-order valence-electron chi connectivity index (χ1n) is 10.4. The Morgan fingerprint density at radius 2 is 1.73 bits per heavy atom. The van der Waals surface area contributed by atoms with Crippen LogP contribution in [0.3, 0.4) is 0 Å². The molecule has 0 radical (unpaired) electrons. The van der Waals surface area contributed by atoms with Gasteiger partial charge in [-0.2, -0.15) is 0 Å². The summed E-state index contributed by atoms with van der Waals surface area (Å²) in [6, 6.07) is 0. The second-order valence-corrected chi connectivity index (χ2v) is 12.4. The van der Waals surface area contributed by atoms with Gasteiger partial charge in [-0.1, -0.05) is 0 Å². The van der Waals surface area contributed by atoms with E-state index < -0.39 is 12.6 Å². The van der Waals surface area contributed by atoms with E-state index in [0.29, 0.717) is 10.3 Å². The molecule has 26 heavy (non-hydrogen) atoms. The van der Waals surface area contributed by atoms with Crippen molar-refractivity contribution in [1.29, 1.82) is 0 Å². The van der Waals surface area contributed by atoms with Crippen LogP contribution < -0.4 is 21.2 Å². The zero-order chi connectivity index (χ0) is 18.8. The number of allylic oxidation sites excluding steroid dienone is 4. The third-order valence-electron chi connectivity index (χ3n) is 5.40. The van der Waals surface area contributed by atoms with Crippen molar-refractivity contribution in [3.63, 3.8) is 0 Å². The molecule has 0 aromatic heterocycles. The Morgan fingerprint density at radius 3 is 2.38 bits per heavy atom. The van der Waals surface area contributed by atoms with E-state index in [1.54, 1.807) is 0 Å². The number of rotatable bonds is 13. The second kappa shape index (κ2) is 11.8. The summed E-state index contributed by atoms with van der Waals surface area (Å²) < 4.78 is 38.7. The van der Waals surface area contributed by atoms with Gasteiger partial charge in [0, 0.05) is 0 Å². The Morgan fingerprint density at radius 1 is 1.00 bits per heavy atom. The van der Waals surface area contributed by atoms with E-state index in [2.05, 4.69) is 31.2 Å². The number of hydrogen-bond donors (Lipinski definition) is 0. The minimum absolute atomic E-state index is 0.127. The third kappa shape index (κ3) is 11.0. The fourth-order valence-corrected chi connectivity index (χ4v) is 7.76. The van der Waals surface area contributed by atoms with Crippen LogP contribution >= 0.6 is 0 Å². The Bertz CT molecular complexity index is 437. The van der Waals surface area contributed by atoms with E-state index in [1.165, 1.54) is 57.8 Å². The van der Waals surface area contributed by atoms with Crippen LogP contribution in [0.2, 0.25) is 0 Å². The van der Waals surface area contributed by atoms with Crippen LogP contribution in [0.4, 0.5) is 13.2 Å². The molecule has 152 valence electrons. The Kier molecular flexibility index (Phi) is 10.1. The molecule has 1 saturated carbocycles. The van der Waals surface area contributed by atoms with Gasteiger partial charge in [0.2, 0.25) is 0 Å². The molecule has 0 heterocycles. The molecule has 2 rings (SSSR count). The molecule has 0 aromatic carbocycles. The number of halogens is 4. The summed E-state index contributed by atoms with van der Waals surface area (Å²) >= 11 is 0.127. The fraction of sp³-hybridized carbons (Fsp3) is 0.818. The molecule has 1 unspecified atom stereocenters. The first-order valence-corrected chi connectivity index (χ1v) is 12.9. The zero-order valence-corrected chi connectivity index (χ0v) is 18.3. The average Bonchev–Trinajstić information content (AvgIpc) is 3.38. The summed E-state index contributed by atoms with van der Waals surface area (Å²) in [5.74, 6) is 1.49. The van der Waals surface area contributed by atoms with Crippen molar-refractivity contribution in [2.24, 2.45) is 11.8 Å². The van der Waals surface area contributed by atoms with Gasteiger partial charge in [0.25, 0.3) is 0 Å². The summed E-state index contributed by atoms with van der Waals surface area (Å²) in [6.45, 7) is 2.35. The van der Waals surface area contributed by atoms with Crippen molar-refractivity contribution in [2.45, 2.75) is 98.0 Å². The Hall–Kier alpha value is -0.000000000000000222. The van der Waals surface area contributed by atoms with Crippen LogP contribution in [0.25, 0.3) is 0 Å². The van der Waals surface area contributed by atoms with Crippen LogP contribution in [-0.2, 0) is 0 Å². The second-order valence-electron chi connectivity index (χ2n) is 8.18. The molecule has 4 heteroatoms. The van der Waals surface area contributed by atoms with Crippen molar-refractivity contribution in [3.05, 3.63) is 24.3 Å². The predicted octanol–water partition coefficient (Wildman–Crippen LogP) is 4.45. The van der Waals surface area contributed by atoms with E-state index in [-0.39, 0.29) is 21.2 Å². The van der Waals surface area contributed by atoms with Gasteiger partial charge in [-0.3, -0.25) is 0 Å². The van der Waals surface area contributed by atoms with Crippen molar-refractivity contribution >= 4 is 0 Å². The van der Waals surface area contributed by atoms with Crippen LogP contribution in [0.15, 0.2) is 24.3 Å². The van der Waals surface area contributed by atoms with Crippen LogP contribution in [0.5, 0.6) is 0 Å². The van der Waals surface area contributed by atoms with E-state index in [9.17, 15) is 13.2 Å². The van der Waals surface area contributed by atoms with E-state index in [4.69, 9.17) is 0 Å². The maximum atomic E-state index is 12.4. The Labute approximate surface area is 168 Å². The zero-order valence-electron chi connectivity index (χ0n) is 16.1. The maximum absolute atomic E-state index is 12.4. The molecular formula is C22H35F3I-. The van der Waals surface area contributed by atoms with Gasteiger partial charge >= 0.3 is 169 Å². The Balaban J connectivity index is 1.54. The first-order chi connectivity index (χ1) is 12.4. The normalized spacial score (nSPS) is 22.7.